The van der Waals surface area contributed by atoms with E-state index in [1.54, 1.807) is 6.08 Å². The van der Waals surface area contributed by atoms with E-state index in [4.69, 9.17) is 28.2 Å². The second-order valence-corrected chi connectivity index (χ2v) is 7.55. The van der Waals surface area contributed by atoms with E-state index in [0.29, 0.717) is 36.1 Å². The molecule has 2 heterocycles. The second kappa shape index (κ2) is 7.37. The third-order valence-electron chi connectivity index (χ3n) is 4.99. The summed E-state index contributed by atoms with van der Waals surface area (Å²) in [6.07, 6.45) is 2.21. The number of hydrogen-bond donors (Lipinski definition) is 0. The monoisotopic (exact) mass is 399 g/mol. The molecule has 6 heteroatoms. The third-order valence-corrected chi connectivity index (χ3v) is 5.70. The largest absolute Gasteiger partial charge is 0.338 e. The first-order valence-corrected chi connectivity index (χ1v) is 9.60. The molecule has 4 nitrogen and oxygen atoms in total. The van der Waals surface area contributed by atoms with E-state index in [2.05, 4.69) is 11.1 Å². The average molecular weight is 400 g/mol. The maximum absolute atomic E-state index is 12.3. The van der Waals surface area contributed by atoms with Crippen LogP contribution in [0.4, 0.5) is 0 Å². The van der Waals surface area contributed by atoms with Crippen molar-refractivity contribution >= 4 is 40.1 Å². The Morgan fingerprint density at radius 2 is 1.89 bits per heavy atom. The molecule has 0 spiro atoms. The first-order valence-electron chi connectivity index (χ1n) is 8.85. The molecule has 0 radical (unpaired) electrons. The highest BCUT2D eigenvalue weighted by atomic mass is 35.5. The van der Waals surface area contributed by atoms with E-state index in [0.717, 1.165) is 22.4 Å². The minimum atomic E-state index is 0.0334. The van der Waals surface area contributed by atoms with E-state index < -0.39 is 0 Å². The number of amides is 1. The van der Waals surface area contributed by atoms with Crippen LogP contribution < -0.4 is 0 Å². The fourth-order valence-corrected chi connectivity index (χ4v) is 4.21. The summed E-state index contributed by atoms with van der Waals surface area (Å²) < 4.78 is 2.14. The molecule has 1 atom stereocenters. The van der Waals surface area contributed by atoms with Crippen LogP contribution in [-0.2, 0) is 11.3 Å². The van der Waals surface area contributed by atoms with Crippen LogP contribution >= 0.6 is 23.2 Å². The molecule has 4 rings (SSSR count). The van der Waals surface area contributed by atoms with Crippen LogP contribution in [-0.4, -0.2) is 33.4 Å². The number of benzene rings is 2. The second-order valence-electron chi connectivity index (χ2n) is 6.73. The Bertz CT molecular complexity index is 1010. The maximum atomic E-state index is 12.3. The Labute approximate surface area is 168 Å². The molecule has 1 aromatic heterocycles. The molecule has 138 valence electrons. The molecule has 1 amide bonds. The van der Waals surface area contributed by atoms with Crippen LogP contribution in [0, 0.1) is 0 Å². The highest BCUT2D eigenvalue weighted by Crippen LogP contribution is 2.33. The zero-order valence-corrected chi connectivity index (χ0v) is 16.2. The zero-order chi connectivity index (χ0) is 19.0. The standard InChI is InChI=1S/C21H19Cl2N3O/c1-2-10-25-12-14(11-20(25)27)21-24-18-8-3-4-9-19(18)26(21)13-15-16(22)6-5-7-17(15)23/h2-9,14H,1,10-13H2/t14-/m0/s1. The van der Waals surface area contributed by atoms with Gasteiger partial charge in [-0.15, -0.1) is 6.58 Å². The molecule has 27 heavy (non-hydrogen) atoms. The first kappa shape index (κ1) is 18.1. The number of imidazole rings is 1. The number of carbonyl (C=O) groups is 1. The summed E-state index contributed by atoms with van der Waals surface area (Å²) in [5.74, 6) is 1.06. The Hall–Kier alpha value is -2.30. The number of likely N-dealkylation sites (tertiary alicyclic amines) is 1. The van der Waals surface area contributed by atoms with Gasteiger partial charge in [0, 0.05) is 41.0 Å². The topological polar surface area (TPSA) is 38.1 Å². The smallest absolute Gasteiger partial charge is 0.223 e. The van der Waals surface area contributed by atoms with Crippen LogP contribution in [0.15, 0.2) is 55.1 Å². The Kier molecular flexibility index (Phi) is 4.94. The van der Waals surface area contributed by atoms with Gasteiger partial charge in [0.25, 0.3) is 0 Å². The van der Waals surface area contributed by atoms with Crippen molar-refractivity contribution in [2.45, 2.75) is 18.9 Å². The lowest BCUT2D eigenvalue weighted by molar-refractivity contribution is -0.127. The Morgan fingerprint density at radius 1 is 1.15 bits per heavy atom. The summed E-state index contributed by atoms with van der Waals surface area (Å²) in [6.45, 7) is 5.46. The van der Waals surface area contributed by atoms with Crippen molar-refractivity contribution in [1.29, 1.82) is 0 Å². The normalized spacial score (nSPS) is 17.0. The predicted molar refractivity (Wildman–Crippen MR) is 109 cm³/mol. The molecule has 1 aliphatic heterocycles. The number of halogens is 2. The number of hydrogen-bond acceptors (Lipinski definition) is 2. The summed E-state index contributed by atoms with van der Waals surface area (Å²) >= 11 is 12.8. The van der Waals surface area contributed by atoms with Crippen LogP contribution in [0.5, 0.6) is 0 Å². The van der Waals surface area contributed by atoms with Gasteiger partial charge in [0.2, 0.25) is 5.91 Å². The van der Waals surface area contributed by atoms with Crippen molar-refractivity contribution in [3.05, 3.63) is 76.6 Å². The fourth-order valence-electron chi connectivity index (χ4n) is 3.69. The lowest BCUT2D eigenvalue weighted by Gasteiger charge is -2.16. The van der Waals surface area contributed by atoms with E-state index in [-0.39, 0.29) is 11.8 Å². The number of rotatable bonds is 5. The maximum Gasteiger partial charge on any atom is 0.223 e. The third kappa shape index (κ3) is 3.35. The van der Waals surface area contributed by atoms with Crippen molar-refractivity contribution in [3.63, 3.8) is 0 Å². The zero-order valence-electron chi connectivity index (χ0n) is 14.7. The van der Waals surface area contributed by atoms with Crippen LogP contribution in [0.1, 0.15) is 23.7 Å². The number of para-hydroxylation sites is 2. The highest BCUT2D eigenvalue weighted by molar-refractivity contribution is 6.36. The molecule has 1 aliphatic rings. The van der Waals surface area contributed by atoms with Gasteiger partial charge in [-0.25, -0.2) is 4.98 Å². The lowest BCUT2D eigenvalue weighted by atomic mass is 10.1. The van der Waals surface area contributed by atoms with E-state index in [1.165, 1.54) is 0 Å². The van der Waals surface area contributed by atoms with Crippen molar-refractivity contribution in [2.75, 3.05) is 13.1 Å². The molecule has 0 bridgehead atoms. The quantitative estimate of drug-likeness (QED) is 0.572. The van der Waals surface area contributed by atoms with Gasteiger partial charge in [0.1, 0.15) is 5.82 Å². The Balaban J connectivity index is 1.79. The molecule has 0 N–H and O–H groups in total. The molecule has 1 saturated heterocycles. The molecule has 0 saturated carbocycles. The van der Waals surface area contributed by atoms with Gasteiger partial charge in [0.15, 0.2) is 0 Å². The van der Waals surface area contributed by atoms with Gasteiger partial charge >= 0.3 is 0 Å². The number of fused-ring (bicyclic) bond motifs is 1. The van der Waals surface area contributed by atoms with Gasteiger partial charge in [-0.05, 0) is 24.3 Å². The van der Waals surface area contributed by atoms with Gasteiger partial charge in [0.05, 0.1) is 17.6 Å². The van der Waals surface area contributed by atoms with E-state index in [1.807, 2.05) is 47.4 Å². The molecule has 1 fully saturated rings. The van der Waals surface area contributed by atoms with Crippen molar-refractivity contribution in [3.8, 4) is 0 Å². The fraction of sp³-hybridized carbons (Fsp3) is 0.238. The first-order chi connectivity index (χ1) is 13.1. The van der Waals surface area contributed by atoms with E-state index in [9.17, 15) is 4.79 Å². The summed E-state index contributed by atoms with van der Waals surface area (Å²) in [7, 11) is 0. The molecular formula is C21H19Cl2N3O. The molecule has 3 aromatic rings. The summed E-state index contributed by atoms with van der Waals surface area (Å²) in [5, 5.41) is 1.25. The van der Waals surface area contributed by atoms with Gasteiger partial charge in [-0.3, -0.25) is 4.79 Å². The molecular weight excluding hydrogens is 381 g/mol. The predicted octanol–water partition coefficient (Wildman–Crippen LogP) is 4.89. The lowest BCUT2D eigenvalue weighted by Crippen LogP contribution is -2.25. The molecule has 2 aromatic carbocycles. The van der Waals surface area contributed by atoms with Crippen molar-refractivity contribution in [1.82, 2.24) is 14.5 Å². The van der Waals surface area contributed by atoms with E-state index >= 15 is 0 Å². The summed E-state index contributed by atoms with van der Waals surface area (Å²) in [6, 6.07) is 13.5. The average Bonchev–Trinajstić information content (AvgIpc) is 3.19. The van der Waals surface area contributed by atoms with Gasteiger partial charge in [-0.1, -0.05) is 47.5 Å². The number of carbonyl (C=O) groups excluding carboxylic acids is 1. The van der Waals surface area contributed by atoms with Crippen LogP contribution in [0.2, 0.25) is 10.0 Å². The van der Waals surface area contributed by atoms with Crippen molar-refractivity contribution in [2.24, 2.45) is 0 Å². The molecule has 0 unspecified atom stereocenters. The minimum Gasteiger partial charge on any atom is -0.338 e. The van der Waals surface area contributed by atoms with Gasteiger partial charge < -0.3 is 9.47 Å². The minimum absolute atomic E-state index is 0.0334. The number of nitrogens with zero attached hydrogens (tertiary/aromatic N) is 3. The Morgan fingerprint density at radius 3 is 2.63 bits per heavy atom. The van der Waals surface area contributed by atoms with Gasteiger partial charge in [-0.2, -0.15) is 0 Å². The summed E-state index contributed by atoms with van der Waals surface area (Å²) in [5.41, 5.74) is 2.78. The SMILES string of the molecule is C=CCN1C[C@@H](c2nc3ccccc3n2Cc2c(Cl)cccc2Cl)CC1=O. The summed E-state index contributed by atoms with van der Waals surface area (Å²) in [4.78, 5) is 19.0. The van der Waals surface area contributed by atoms with Crippen LogP contribution in [0.3, 0.4) is 0 Å². The molecule has 0 aliphatic carbocycles. The highest BCUT2D eigenvalue weighted by Gasteiger charge is 2.33. The van der Waals surface area contributed by atoms with Crippen LogP contribution in [0.25, 0.3) is 11.0 Å². The van der Waals surface area contributed by atoms with Crippen molar-refractivity contribution < 1.29 is 4.79 Å². The number of aromatic nitrogens is 2.